The second-order valence-corrected chi connectivity index (χ2v) is 6.82. The van der Waals surface area contributed by atoms with Crippen molar-refractivity contribution in [1.29, 1.82) is 0 Å². The molecule has 0 heterocycles. The molecule has 0 spiro atoms. The van der Waals surface area contributed by atoms with Crippen molar-refractivity contribution in [3.63, 3.8) is 0 Å². The summed E-state index contributed by atoms with van der Waals surface area (Å²) in [5, 5.41) is 87.4. The number of carboxylic acid groups (broad SMARTS) is 4. The number of hydrogen-bond acceptors (Lipinski definition) is 10. The van der Waals surface area contributed by atoms with E-state index >= 15 is 0 Å². The monoisotopic (exact) mass is 492 g/mol. The van der Waals surface area contributed by atoms with E-state index in [-0.39, 0.29) is 6.42 Å². The van der Waals surface area contributed by atoms with E-state index in [1.54, 1.807) is 6.92 Å². The van der Waals surface area contributed by atoms with E-state index in [9.17, 15) is 34.5 Å². The summed E-state index contributed by atoms with van der Waals surface area (Å²) < 4.78 is 0. The van der Waals surface area contributed by atoms with Gasteiger partial charge in [-0.3, -0.25) is 0 Å². The van der Waals surface area contributed by atoms with Crippen molar-refractivity contribution >= 4 is 23.9 Å². The number of rotatable bonds is 13. The number of carboxylic acids is 4. The highest BCUT2D eigenvalue weighted by Crippen LogP contribution is 2.39. The van der Waals surface area contributed by atoms with Gasteiger partial charge < -0.3 is 51.1 Å². The van der Waals surface area contributed by atoms with Gasteiger partial charge in [-0.15, -0.1) is 0 Å². The minimum absolute atomic E-state index is 0.00694. The predicted molar refractivity (Wildman–Crippen MR) is 111 cm³/mol. The van der Waals surface area contributed by atoms with Crippen molar-refractivity contribution < 1.29 is 70.2 Å². The maximum Gasteiger partial charge on any atom is 0.328 e. The second kappa shape index (κ2) is 14.7. The molecule has 0 fully saturated rings. The highest BCUT2D eigenvalue weighted by Gasteiger charge is 2.37. The summed E-state index contributed by atoms with van der Waals surface area (Å²) in [6.45, 7) is 1.75. The van der Waals surface area contributed by atoms with Crippen molar-refractivity contribution in [3.05, 3.63) is 48.6 Å². The van der Waals surface area contributed by atoms with Crippen molar-refractivity contribution in [3.8, 4) is 0 Å². The van der Waals surface area contributed by atoms with Crippen LogP contribution in [0.4, 0.5) is 0 Å². The molecule has 34 heavy (non-hydrogen) atoms. The zero-order valence-corrected chi connectivity index (χ0v) is 17.9. The van der Waals surface area contributed by atoms with E-state index in [0.717, 1.165) is 24.3 Å². The van der Waals surface area contributed by atoms with Crippen LogP contribution in [0.2, 0.25) is 0 Å². The Labute approximate surface area is 193 Å². The Balaban J connectivity index is 0. The van der Waals surface area contributed by atoms with Gasteiger partial charge in [-0.2, -0.15) is 0 Å². The average Bonchev–Trinajstić information content (AvgIpc) is 2.63. The van der Waals surface area contributed by atoms with Gasteiger partial charge in [0.25, 0.3) is 11.9 Å². The summed E-state index contributed by atoms with van der Waals surface area (Å²) in [6, 6.07) is 0. The zero-order chi connectivity index (χ0) is 27.2. The Morgan fingerprint density at radius 3 is 1.21 bits per heavy atom. The lowest BCUT2D eigenvalue weighted by atomic mass is 9.72. The van der Waals surface area contributed by atoms with Gasteiger partial charge in [0.15, 0.2) is 0 Å². The molecule has 0 saturated carbocycles. The molecule has 0 aliphatic heterocycles. The van der Waals surface area contributed by atoms with E-state index < -0.39 is 53.6 Å². The fourth-order valence-corrected chi connectivity index (χ4v) is 2.42. The average molecular weight is 492 g/mol. The quantitative estimate of drug-likeness (QED) is 0.104. The summed E-state index contributed by atoms with van der Waals surface area (Å²) in [6.07, 6.45) is 4.91. The molecule has 0 rings (SSSR count). The number of aliphatic carboxylic acids is 4. The van der Waals surface area contributed by atoms with Crippen LogP contribution < -0.4 is 0 Å². The highest BCUT2D eigenvalue weighted by atomic mass is 16.7. The molecule has 192 valence electrons. The summed E-state index contributed by atoms with van der Waals surface area (Å²) in [5.74, 6) is -13.3. The molecule has 0 aliphatic rings. The Morgan fingerprint density at radius 2 is 1.00 bits per heavy atom. The van der Waals surface area contributed by atoms with Crippen LogP contribution in [-0.4, -0.2) is 86.9 Å². The lowest BCUT2D eigenvalue weighted by molar-refractivity contribution is -0.319. The van der Waals surface area contributed by atoms with E-state index in [4.69, 9.17) is 35.7 Å². The molecule has 0 aromatic carbocycles. The smallest absolute Gasteiger partial charge is 0.328 e. The first kappa shape index (κ1) is 32.8. The van der Waals surface area contributed by atoms with E-state index in [0.29, 0.717) is 30.7 Å². The molecule has 0 saturated heterocycles. The molecule has 1 unspecified atom stereocenters. The first-order valence-corrected chi connectivity index (χ1v) is 9.35. The van der Waals surface area contributed by atoms with Gasteiger partial charge in [-0.05, 0) is 6.42 Å². The molecule has 0 aliphatic carbocycles. The summed E-state index contributed by atoms with van der Waals surface area (Å²) in [4.78, 5) is 43.4. The minimum atomic E-state index is -3.36. The van der Waals surface area contributed by atoms with Crippen LogP contribution in [0.3, 0.4) is 0 Å². The molecule has 0 aromatic rings. The number of aliphatic hydroxyl groups is 6. The van der Waals surface area contributed by atoms with Gasteiger partial charge in [0.05, 0.1) is 0 Å². The standard InChI is InChI=1S/C16H18O11.C4H10O3/c17-11(18)2-1-10(9-16(25,26)27)15(6-3-12(19)20,7-4-13(21)22)8-5-14(23)24;1-2-3-4(5,6)7/h1-8,10,25-27H,9H2,(H,17,18)(H,19,20)(H,21,22)(H,23,24);5-7H,2-3H2,1H3. The van der Waals surface area contributed by atoms with Gasteiger partial charge in [-0.25, -0.2) is 19.2 Å². The first-order valence-electron chi connectivity index (χ1n) is 9.35. The van der Waals surface area contributed by atoms with Crippen LogP contribution in [-0.2, 0) is 19.2 Å². The molecule has 0 bridgehead atoms. The second-order valence-electron chi connectivity index (χ2n) is 6.82. The third-order valence-corrected chi connectivity index (χ3v) is 3.74. The maximum atomic E-state index is 10.9. The Morgan fingerprint density at radius 1 is 0.647 bits per heavy atom. The Bertz CT molecular complexity index is 748. The van der Waals surface area contributed by atoms with E-state index in [2.05, 4.69) is 0 Å². The topological polar surface area (TPSA) is 271 Å². The molecule has 14 heteroatoms. The van der Waals surface area contributed by atoms with Gasteiger partial charge in [0.1, 0.15) is 0 Å². The van der Waals surface area contributed by atoms with E-state index in [1.807, 2.05) is 0 Å². The maximum absolute atomic E-state index is 10.9. The molecule has 1 atom stereocenters. The minimum Gasteiger partial charge on any atom is -0.478 e. The van der Waals surface area contributed by atoms with Crippen LogP contribution in [0.1, 0.15) is 26.2 Å². The summed E-state index contributed by atoms with van der Waals surface area (Å²) >= 11 is 0. The Hall–Kier alpha value is -3.40. The number of carbonyl (C=O) groups is 4. The van der Waals surface area contributed by atoms with Gasteiger partial charge in [0.2, 0.25) is 0 Å². The fourth-order valence-electron chi connectivity index (χ4n) is 2.42. The van der Waals surface area contributed by atoms with Gasteiger partial charge in [0, 0.05) is 48.5 Å². The van der Waals surface area contributed by atoms with Crippen LogP contribution in [0.5, 0.6) is 0 Å². The van der Waals surface area contributed by atoms with Crippen molar-refractivity contribution in [1.82, 2.24) is 0 Å². The van der Waals surface area contributed by atoms with E-state index in [1.165, 1.54) is 0 Å². The van der Waals surface area contributed by atoms with Crippen LogP contribution in [0, 0.1) is 11.3 Å². The highest BCUT2D eigenvalue weighted by molar-refractivity contribution is 5.83. The molecule has 0 amide bonds. The largest absolute Gasteiger partial charge is 0.478 e. The lowest BCUT2D eigenvalue weighted by Crippen LogP contribution is -2.36. The molecule has 0 aromatic heterocycles. The summed E-state index contributed by atoms with van der Waals surface area (Å²) in [5.41, 5.74) is -1.96. The normalized spacial score (nSPS) is 15.3. The van der Waals surface area contributed by atoms with Gasteiger partial charge in [-0.1, -0.05) is 31.2 Å². The van der Waals surface area contributed by atoms with Crippen molar-refractivity contribution in [2.45, 2.75) is 38.1 Å². The zero-order valence-electron chi connectivity index (χ0n) is 17.9. The fraction of sp³-hybridized carbons (Fsp3) is 0.400. The molecule has 10 N–H and O–H groups in total. The lowest BCUT2D eigenvalue weighted by Gasteiger charge is -2.33. The van der Waals surface area contributed by atoms with Crippen molar-refractivity contribution in [2.75, 3.05) is 0 Å². The molecule has 0 radical (unpaired) electrons. The molecular weight excluding hydrogens is 464 g/mol. The molecular formula is C20H28O14. The Kier molecular flexibility index (Phi) is 14.2. The number of allylic oxidation sites excluding steroid dienone is 4. The summed E-state index contributed by atoms with van der Waals surface area (Å²) in [7, 11) is 0. The van der Waals surface area contributed by atoms with Crippen LogP contribution in [0.25, 0.3) is 0 Å². The molecule has 14 nitrogen and oxygen atoms in total. The first-order chi connectivity index (χ1) is 15.3. The SMILES string of the molecule is CCCC(O)(O)O.O=C(O)C=CC(CC(O)(O)O)C(C=CC(=O)O)(C=CC(=O)O)C=CC(=O)O. The van der Waals surface area contributed by atoms with Gasteiger partial charge >= 0.3 is 23.9 Å². The third-order valence-electron chi connectivity index (χ3n) is 3.74. The number of hydrogen-bond donors (Lipinski definition) is 10. The van der Waals surface area contributed by atoms with Crippen molar-refractivity contribution in [2.24, 2.45) is 11.3 Å². The predicted octanol–water partition coefficient (Wildman–Crippen LogP) is -1.41. The van der Waals surface area contributed by atoms with Crippen LogP contribution in [0.15, 0.2) is 48.6 Å². The third kappa shape index (κ3) is 18.2. The van der Waals surface area contributed by atoms with Crippen LogP contribution >= 0.6 is 0 Å².